The minimum absolute atomic E-state index is 0.0341. The van der Waals surface area contributed by atoms with Crippen LogP contribution in [0.15, 0.2) is 35.1 Å². The van der Waals surface area contributed by atoms with E-state index in [0.29, 0.717) is 5.25 Å². The van der Waals surface area contributed by atoms with Crippen LogP contribution in [-0.2, 0) is 5.75 Å². The number of fused-ring (bicyclic) bond motifs is 1. The van der Waals surface area contributed by atoms with Crippen LogP contribution in [0.2, 0.25) is 0 Å². The summed E-state index contributed by atoms with van der Waals surface area (Å²) in [6.07, 6.45) is 0. The van der Waals surface area contributed by atoms with E-state index in [4.69, 9.17) is 0 Å². The van der Waals surface area contributed by atoms with Crippen molar-refractivity contribution in [2.24, 2.45) is 0 Å². The zero-order chi connectivity index (χ0) is 11.5. The molecule has 0 aliphatic heterocycles. The Morgan fingerprint density at radius 3 is 2.81 bits per heavy atom. The van der Waals surface area contributed by atoms with E-state index in [0.717, 1.165) is 22.2 Å². The summed E-state index contributed by atoms with van der Waals surface area (Å²) in [5.74, 6) is 0.776. The van der Waals surface area contributed by atoms with E-state index in [-0.39, 0.29) is 5.56 Å². The zero-order valence-corrected chi connectivity index (χ0v) is 10.3. The number of aromatic nitrogens is 1. The van der Waals surface area contributed by atoms with Crippen LogP contribution in [-0.4, -0.2) is 10.2 Å². The molecule has 1 heterocycles. The largest absolute Gasteiger partial charge is 0.322 e. The summed E-state index contributed by atoms with van der Waals surface area (Å²) in [7, 11) is 0. The fourth-order valence-corrected chi connectivity index (χ4v) is 2.28. The van der Waals surface area contributed by atoms with Gasteiger partial charge in [-0.2, -0.15) is 11.8 Å². The van der Waals surface area contributed by atoms with Crippen LogP contribution < -0.4 is 5.56 Å². The average molecular weight is 233 g/mol. The fourth-order valence-electron chi connectivity index (χ4n) is 1.56. The maximum Gasteiger partial charge on any atom is 0.252 e. The third kappa shape index (κ3) is 2.47. The predicted octanol–water partition coefficient (Wildman–Crippen LogP) is 3.17. The lowest BCUT2D eigenvalue weighted by molar-refractivity contribution is 1.10. The van der Waals surface area contributed by atoms with Crippen molar-refractivity contribution in [2.75, 3.05) is 0 Å². The fraction of sp³-hybridized carbons (Fsp3) is 0.308. The number of thioether (sulfide) groups is 1. The van der Waals surface area contributed by atoms with Gasteiger partial charge >= 0.3 is 0 Å². The third-order valence-corrected chi connectivity index (χ3v) is 3.55. The van der Waals surface area contributed by atoms with Crippen molar-refractivity contribution in [3.63, 3.8) is 0 Å². The molecule has 16 heavy (non-hydrogen) atoms. The van der Waals surface area contributed by atoms with Gasteiger partial charge in [-0.3, -0.25) is 4.79 Å². The Hall–Kier alpha value is -1.22. The highest BCUT2D eigenvalue weighted by atomic mass is 32.2. The molecule has 0 unspecified atom stereocenters. The van der Waals surface area contributed by atoms with E-state index in [1.165, 1.54) is 0 Å². The number of para-hydroxylation sites is 1. The Morgan fingerprint density at radius 1 is 1.31 bits per heavy atom. The quantitative estimate of drug-likeness (QED) is 0.883. The van der Waals surface area contributed by atoms with Crippen molar-refractivity contribution in [2.45, 2.75) is 24.9 Å². The highest BCUT2D eigenvalue weighted by Crippen LogP contribution is 2.17. The summed E-state index contributed by atoms with van der Waals surface area (Å²) < 4.78 is 0. The number of hydrogen-bond donors (Lipinski definition) is 1. The molecule has 0 aliphatic rings. The van der Waals surface area contributed by atoms with Crippen molar-refractivity contribution < 1.29 is 0 Å². The number of hydrogen-bond acceptors (Lipinski definition) is 2. The van der Waals surface area contributed by atoms with Crippen LogP contribution >= 0.6 is 11.8 Å². The second-order valence-corrected chi connectivity index (χ2v) is 5.64. The van der Waals surface area contributed by atoms with Crippen molar-refractivity contribution in [3.8, 4) is 0 Å². The summed E-state index contributed by atoms with van der Waals surface area (Å²) >= 11 is 1.79. The molecule has 2 rings (SSSR count). The first-order valence-corrected chi connectivity index (χ1v) is 6.44. The van der Waals surface area contributed by atoms with Gasteiger partial charge in [0, 0.05) is 16.8 Å². The number of aromatic amines is 1. The molecule has 2 nitrogen and oxygen atoms in total. The summed E-state index contributed by atoms with van der Waals surface area (Å²) in [6.45, 7) is 4.28. The van der Waals surface area contributed by atoms with Crippen molar-refractivity contribution in [1.82, 2.24) is 4.98 Å². The standard InChI is InChI=1S/C13H15NOS/c1-9(2)16-8-11-7-10-5-3-4-6-12(10)14-13(11)15/h3-7,9H,8H2,1-2H3,(H,14,15). The predicted molar refractivity (Wildman–Crippen MR) is 71.0 cm³/mol. The van der Waals surface area contributed by atoms with Crippen molar-refractivity contribution in [1.29, 1.82) is 0 Å². The summed E-state index contributed by atoms with van der Waals surface area (Å²) in [5, 5.41) is 1.65. The molecule has 0 fully saturated rings. The molecular weight excluding hydrogens is 218 g/mol. The van der Waals surface area contributed by atoms with E-state index in [9.17, 15) is 4.79 Å². The van der Waals surface area contributed by atoms with Crippen molar-refractivity contribution >= 4 is 22.7 Å². The number of benzene rings is 1. The molecule has 1 N–H and O–H groups in total. The Balaban J connectivity index is 2.38. The number of nitrogens with one attached hydrogen (secondary N) is 1. The van der Waals surface area contributed by atoms with Gasteiger partial charge in [-0.25, -0.2) is 0 Å². The summed E-state index contributed by atoms with van der Waals surface area (Å²) in [5.41, 5.74) is 1.80. The lowest BCUT2D eigenvalue weighted by atomic mass is 10.2. The lowest BCUT2D eigenvalue weighted by Gasteiger charge is -2.05. The van der Waals surface area contributed by atoms with Crippen LogP contribution in [0.3, 0.4) is 0 Å². The van der Waals surface area contributed by atoms with E-state index in [1.54, 1.807) is 11.8 Å². The van der Waals surface area contributed by atoms with E-state index in [1.807, 2.05) is 30.3 Å². The second-order valence-electron chi connectivity index (χ2n) is 4.07. The average Bonchev–Trinajstić information content (AvgIpc) is 2.26. The van der Waals surface area contributed by atoms with Gasteiger partial charge < -0.3 is 4.98 Å². The van der Waals surface area contributed by atoms with Crippen LogP contribution in [0, 0.1) is 0 Å². The first-order valence-electron chi connectivity index (χ1n) is 5.39. The minimum Gasteiger partial charge on any atom is -0.322 e. The van der Waals surface area contributed by atoms with Gasteiger partial charge in [-0.05, 0) is 22.8 Å². The normalized spacial score (nSPS) is 11.2. The molecule has 1 aromatic carbocycles. The number of pyridine rings is 1. The number of H-pyrrole nitrogens is 1. The zero-order valence-electron chi connectivity index (χ0n) is 9.49. The highest BCUT2D eigenvalue weighted by Gasteiger charge is 2.03. The molecule has 2 aromatic rings. The molecule has 0 amide bonds. The van der Waals surface area contributed by atoms with Gasteiger partial charge in [0.2, 0.25) is 0 Å². The lowest BCUT2D eigenvalue weighted by Crippen LogP contribution is -2.11. The molecule has 0 radical (unpaired) electrons. The van der Waals surface area contributed by atoms with Gasteiger partial charge in [0.05, 0.1) is 0 Å². The summed E-state index contributed by atoms with van der Waals surface area (Å²) in [4.78, 5) is 14.7. The van der Waals surface area contributed by atoms with Crippen LogP contribution in [0.25, 0.3) is 10.9 Å². The third-order valence-electron chi connectivity index (χ3n) is 2.40. The van der Waals surface area contributed by atoms with Crippen molar-refractivity contribution in [3.05, 3.63) is 46.2 Å². The first-order chi connectivity index (χ1) is 7.66. The van der Waals surface area contributed by atoms with Gasteiger partial charge in [-0.1, -0.05) is 32.0 Å². The first kappa shape index (κ1) is 11.3. The summed E-state index contributed by atoms with van der Waals surface area (Å²) in [6, 6.07) is 9.86. The maximum absolute atomic E-state index is 11.8. The molecule has 0 bridgehead atoms. The van der Waals surface area contributed by atoms with Gasteiger partial charge in [0.25, 0.3) is 5.56 Å². The topological polar surface area (TPSA) is 32.9 Å². The molecular formula is C13H15NOS. The second kappa shape index (κ2) is 4.74. The molecule has 0 spiro atoms. The Bertz CT molecular complexity index is 545. The molecule has 1 aromatic heterocycles. The van der Waals surface area contributed by atoms with Crippen LogP contribution in [0.1, 0.15) is 19.4 Å². The Labute approximate surface area is 99.1 Å². The van der Waals surface area contributed by atoms with Gasteiger partial charge in [-0.15, -0.1) is 0 Å². The minimum atomic E-state index is 0.0341. The molecule has 0 saturated heterocycles. The molecule has 0 saturated carbocycles. The highest BCUT2D eigenvalue weighted by molar-refractivity contribution is 7.99. The Morgan fingerprint density at radius 2 is 2.06 bits per heavy atom. The Kier molecular flexibility index (Phi) is 3.34. The van der Waals surface area contributed by atoms with E-state index < -0.39 is 0 Å². The van der Waals surface area contributed by atoms with E-state index in [2.05, 4.69) is 18.8 Å². The molecule has 3 heteroatoms. The SMILES string of the molecule is CC(C)SCc1cc2ccccc2[nH]c1=O. The molecule has 84 valence electrons. The monoisotopic (exact) mass is 233 g/mol. The smallest absolute Gasteiger partial charge is 0.252 e. The van der Waals surface area contributed by atoms with Crippen LogP contribution in [0.4, 0.5) is 0 Å². The number of rotatable bonds is 3. The molecule has 0 atom stereocenters. The maximum atomic E-state index is 11.8. The molecule has 0 aliphatic carbocycles. The van der Waals surface area contributed by atoms with Crippen LogP contribution in [0.5, 0.6) is 0 Å². The van der Waals surface area contributed by atoms with Gasteiger partial charge in [0.1, 0.15) is 0 Å². The van der Waals surface area contributed by atoms with E-state index >= 15 is 0 Å². The van der Waals surface area contributed by atoms with Gasteiger partial charge in [0.15, 0.2) is 0 Å².